The van der Waals surface area contributed by atoms with Crippen molar-refractivity contribution in [2.24, 2.45) is 0 Å². The number of hydrogen-bond acceptors (Lipinski definition) is 7. The van der Waals surface area contributed by atoms with E-state index in [9.17, 15) is 10.2 Å². The average Bonchev–Trinajstić information content (AvgIpc) is 3.21. The largest absolute Gasteiger partial charge is 0.394 e. The second-order valence-corrected chi connectivity index (χ2v) is 7.61. The van der Waals surface area contributed by atoms with Crippen molar-refractivity contribution in [2.75, 3.05) is 23.8 Å². The van der Waals surface area contributed by atoms with Gasteiger partial charge in [-0.05, 0) is 37.6 Å². The van der Waals surface area contributed by atoms with Crippen molar-refractivity contribution < 1.29 is 10.2 Å². The highest BCUT2D eigenvalue weighted by Gasteiger charge is 2.23. The summed E-state index contributed by atoms with van der Waals surface area (Å²) in [4.78, 5) is 13.6. The summed E-state index contributed by atoms with van der Waals surface area (Å²) >= 11 is 6.36. The second-order valence-electron chi connectivity index (χ2n) is 7.21. The minimum atomic E-state index is -0.884. The maximum absolute atomic E-state index is 9.52. The van der Waals surface area contributed by atoms with Crippen LogP contribution in [-0.4, -0.2) is 48.3 Å². The SMILES string of the molecule is Cc1cccc(Cl)c1Nc1nc2ccc(NC(C)(CO)CO)nc2n2cncc12. The predicted octanol–water partition coefficient (Wildman–Crippen LogP) is 3.14. The number of imidazole rings is 1. The third-order valence-corrected chi connectivity index (χ3v) is 5.10. The molecule has 0 fully saturated rings. The maximum Gasteiger partial charge on any atom is 0.166 e. The first-order valence-corrected chi connectivity index (χ1v) is 9.47. The Labute approximate surface area is 172 Å². The van der Waals surface area contributed by atoms with Gasteiger partial charge in [-0.3, -0.25) is 4.40 Å². The van der Waals surface area contributed by atoms with Gasteiger partial charge in [-0.2, -0.15) is 0 Å². The number of aryl methyl sites for hydroxylation is 1. The number of halogens is 1. The Morgan fingerprint density at radius 3 is 2.66 bits per heavy atom. The first kappa shape index (κ1) is 19.4. The van der Waals surface area contributed by atoms with Crippen molar-refractivity contribution in [1.82, 2.24) is 19.4 Å². The first-order valence-electron chi connectivity index (χ1n) is 9.09. The van der Waals surface area contributed by atoms with E-state index in [4.69, 9.17) is 16.6 Å². The third-order valence-electron chi connectivity index (χ3n) is 4.79. The Morgan fingerprint density at radius 2 is 1.93 bits per heavy atom. The Hall–Kier alpha value is -2.94. The topological polar surface area (TPSA) is 108 Å². The van der Waals surface area contributed by atoms with Gasteiger partial charge in [-0.1, -0.05) is 23.7 Å². The van der Waals surface area contributed by atoms with Crippen LogP contribution in [0.5, 0.6) is 0 Å². The molecule has 9 heteroatoms. The fraction of sp³-hybridized carbons (Fsp3) is 0.250. The minimum absolute atomic E-state index is 0.234. The lowest BCUT2D eigenvalue weighted by atomic mass is 10.1. The lowest BCUT2D eigenvalue weighted by molar-refractivity contribution is 0.147. The van der Waals surface area contributed by atoms with Gasteiger partial charge in [0.1, 0.15) is 23.2 Å². The molecule has 4 aromatic rings. The van der Waals surface area contributed by atoms with Gasteiger partial charge in [-0.25, -0.2) is 15.0 Å². The van der Waals surface area contributed by atoms with Gasteiger partial charge in [-0.15, -0.1) is 0 Å². The molecule has 0 aliphatic heterocycles. The molecule has 0 spiro atoms. The molecule has 150 valence electrons. The lowest BCUT2D eigenvalue weighted by Crippen LogP contribution is -2.42. The van der Waals surface area contributed by atoms with Crippen LogP contribution < -0.4 is 10.6 Å². The number of para-hydroxylation sites is 1. The summed E-state index contributed by atoms with van der Waals surface area (Å²) in [6.45, 7) is 3.22. The lowest BCUT2D eigenvalue weighted by Gasteiger charge is -2.26. The van der Waals surface area contributed by atoms with Crippen LogP contribution in [-0.2, 0) is 0 Å². The highest BCUT2D eigenvalue weighted by atomic mass is 35.5. The molecule has 4 rings (SSSR count). The molecule has 4 N–H and O–H groups in total. The molecule has 0 amide bonds. The van der Waals surface area contributed by atoms with E-state index >= 15 is 0 Å². The predicted molar refractivity (Wildman–Crippen MR) is 114 cm³/mol. The number of pyridine rings is 1. The molecule has 29 heavy (non-hydrogen) atoms. The zero-order valence-electron chi connectivity index (χ0n) is 16.0. The van der Waals surface area contributed by atoms with Crippen molar-refractivity contribution in [3.8, 4) is 0 Å². The molecule has 1 aromatic carbocycles. The van der Waals surface area contributed by atoms with Gasteiger partial charge >= 0.3 is 0 Å². The average molecular weight is 413 g/mol. The molecule has 0 bridgehead atoms. The van der Waals surface area contributed by atoms with Crippen molar-refractivity contribution in [1.29, 1.82) is 0 Å². The highest BCUT2D eigenvalue weighted by molar-refractivity contribution is 6.33. The van der Waals surface area contributed by atoms with E-state index in [-0.39, 0.29) is 13.2 Å². The van der Waals surface area contributed by atoms with Crippen LogP contribution in [0.15, 0.2) is 42.9 Å². The molecule has 3 heterocycles. The number of aliphatic hydroxyl groups excluding tert-OH is 2. The van der Waals surface area contributed by atoms with Gasteiger partial charge in [0.15, 0.2) is 11.5 Å². The zero-order valence-corrected chi connectivity index (χ0v) is 16.8. The minimum Gasteiger partial charge on any atom is -0.394 e. The normalized spacial score (nSPS) is 11.9. The summed E-state index contributed by atoms with van der Waals surface area (Å²) in [7, 11) is 0. The number of nitrogens with one attached hydrogen (secondary N) is 2. The van der Waals surface area contributed by atoms with Crippen LogP contribution >= 0.6 is 11.6 Å². The molecule has 0 unspecified atom stereocenters. The summed E-state index contributed by atoms with van der Waals surface area (Å²) in [5.41, 5.74) is 2.91. The Morgan fingerprint density at radius 1 is 1.14 bits per heavy atom. The summed E-state index contributed by atoms with van der Waals surface area (Å²) in [5, 5.41) is 26.0. The van der Waals surface area contributed by atoms with Crippen molar-refractivity contribution in [3.05, 3.63) is 53.4 Å². The number of fused-ring (bicyclic) bond motifs is 3. The molecule has 0 aliphatic rings. The van der Waals surface area contributed by atoms with Crippen molar-refractivity contribution in [3.63, 3.8) is 0 Å². The molecule has 3 aromatic heterocycles. The van der Waals surface area contributed by atoms with Gasteiger partial charge in [0.05, 0.1) is 35.7 Å². The molecule has 0 radical (unpaired) electrons. The fourth-order valence-electron chi connectivity index (χ4n) is 3.03. The van der Waals surface area contributed by atoms with Crippen LogP contribution in [0.2, 0.25) is 5.02 Å². The molecule has 0 saturated carbocycles. The monoisotopic (exact) mass is 412 g/mol. The van der Waals surface area contributed by atoms with Crippen LogP contribution in [0.4, 0.5) is 17.3 Å². The van der Waals surface area contributed by atoms with E-state index in [1.807, 2.05) is 35.6 Å². The van der Waals surface area contributed by atoms with Crippen LogP contribution in [0, 0.1) is 6.92 Å². The van der Waals surface area contributed by atoms with Gasteiger partial charge < -0.3 is 20.8 Å². The molecular formula is C20H21ClN6O2. The van der Waals surface area contributed by atoms with Crippen molar-refractivity contribution in [2.45, 2.75) is 19.4 Å². The summed E-state index contributed by atoms with van der Waals surface area (Å²) < 4.78 is 1.83. The van der Waals surface area contributed by atoms with Crippen molar-refractivity contribution >= 4 is 45.6 Å². The van der Waals surface area contributed by atoms with Gasteiger partial charge in [0.2, 0.25) is 0 Å². The number of rotatable bonds is 6. The number of benzene rings is 1. The van der Waals surface area contributed by atoms with Crippen LogP contribution in [0.1, 0.15) is 12.5 Å². The number of nitrogens with zero attached hydrogens (tertiary/aromatic N) is 4. The molecule has 0 aliphatic carbocycles. The smallest absolute Gasteiger partial charge is 0.166 e. The maximum atomic E-state index is 9.52. The van der Waals surface area contributed by atoms with E-state index in [0.717, 1.165) is 16.8 Å². The quantitative estimate of drug-likeness (QED) is 0.385. The summed E-state index contributed by atoms with van der Waals surface area (Å²) in [6.07, 6.45) is 3.37. The van der Waals surface area contributed by atoms with Crippen LogP contribution in [0.25, 0.3) is 16.7 Å². The molecule has 0 saturated heterocycles. The van der Waals surface area contributed by atoms with Crippen LogP contribution in [0.3, 0.4) is 0 Å². The van der Waals surface area contributed by atoms with E-state index in [1.54, 1.807) is 25.5 Å². The molecule has 8 nitrogen and oxygen atoms in total. The fourth-order valence-corrected chi connectivity index (χ4v) is 3.30. The summed E-state index contributed by atoms with van der Waals surface area (Å²) in [6, 6.07) is 9.28. The Balaban J connectivity index is 1.81. The second kappa shape index (κ2) is 7.47. The number of aliphatic hydroxyl groups is 2. The third kappa shape index (κ3) is 3.57. The number of anilines is 3. The van der Waals surface area contributed by atoms with E-state index < -0.39 is 5.54 Å². The molecular weight excluding hydrogens is 392 g/mol. The molecule has 0 atom stereocenters. The number of hydrogen-bond donors (Lipinski definition) is 4. The highest BCUT2D eigenvalue weighted by Crippen LogP contribution is 2.31. The van der Waals surface area contributed by atoms with E-state index in [2.05, 4.69) is 20.6 Å². The Bertz CT molecular complexity index is 1170. The standard InChI is InChI=1S/C20H21ClN6O2/c1-12-4-3-5-13(21)17(12)25-18-15-8-22-11-27(15)19-14(23-18)6-7-16(24-19)26-20(2,9-28)10-29/h3-8,11,28-29H,9-10H2,1-2H3,(H,23,25)(H,24,26). The summed E-state index contributed by atoms with van der Waals surface area (Å²) in [5.74, 6) is 1.13. The Kier molecular flexibility index (Phi) is 4.99. The van der Waals surface area contributed by atoms with E-state index in [1.165, 1.54) is 0 Å². The first-order chi connectivity index (χ1) is 13.9. The zero-order chi connectivity index (χ0) is 20.6. The van der Waals surface area contributed by atoms with E-state index in [0.29, 0.717) is 27.8 Å². The van der Waals surface area contributed by atoms with Gasteiger partial charge in [0, 0.05) is 0 Å². The number of aromatic nitrogens is 4. The van der Waals surface area contributed by atoms with Gasteiger partial charge in [0.25, 0.3) is 0 Å².